The summed E-state index contributed by atoms with van der Waals surface area (Å²) < 4.78 is 0. The number of aryl methyl sites for hydroxylation is 1. The van der Waals surface area contributed by atoms with Gasteiger partial charge in [0.1, 0.15) is 0 Å². The second-order valence-electron chi connectivity index (χ2n) is 10.2. The molecule has 6 heteroatoms. The van der Waals surface area contributed by atoms with Crippen LogP contribution in [0.3, 0.4) is 0 Å². The van der Waals surface area contributed by atoms with Crippen molar-refractivity contribution in [1.29, 1.82) is 0 Å². The van der Waals surface area contributed by atoms with Gasteiger partial charge in [-0.05, 0) is 61.4 Å². The fraction of sp³-hybridized carbons (Fsp3) is 0.481. The number of nitrogens with one attached hydrogen (secondary N) is 2. The van der Waals surface area contributed by atoms with E-state index in [9.17, 15) is 14.7 Å². The van der Waals surface area contributed by atoms with Crippen LogP contribution in [0.2, 0.25) is 0 Å². The normalized spacial score (nSPS) is 14.3. The van der Waals surface area contributed by atoms with Crippen LogP contribution < -0.4 is 15.5 Å². The molecule has 1 aliphatic rings. The van der Waals surface area contributed by atoms with E-state index >= 15 is 0 Å². The van der Waals surface area contributed by atoms with Crippen LogP contribution in [0.25, 0.3) is 0 Å². The molecule has 3 rings (SSSR count). The van der Waals surface area contributed by atoms with Gasteiger partial charge in [-0.25, -0.2) is 4.79 Å². The van der Waals surface area contributed by atoms with Crippen LogP contribution in [-0.2, 0) is 10.2 Å². The van der Waals surface area contributed by atoms with E-state index in [4.69, 9.17) is 0 Å². The number of carboxylic acid groups (broad SMARTS) is 1. The molecule has 0 spiro atoms. The van der Waals surface area contributed by atoms with Gasteiger partial charge < -0.3 is 20.6 Å². The monoisotopic (exact) mass is 451 g/mol. The lowest BCUT2D eigenvalue weighted by Gasteiger charge is -2.31. The molecular weight excluding hydrogens is 414 g/mol. The van der Waals surface area contributed by atoms with Crippen molar-refractivity contribution >= 4 is 29.1 Å². The number of carbonyl (C=O) groups is 2. The Kier molecular flexibility index (Phi) is 7.67. The highest BCUT2D eigenvalue weighted by Crippen LogP contribution is 2.52. The molecule has 2 aromatic rings. The first-order valence-electron chi connectivity index (χ1n) is 11.8. The maximum atomic E-state index is 12.9. The Bertz CT molecular complexity index is 969. The second kappa shape index (κ2) is 10.3. The van der Waals surface area contributed by atoms with E-state index in [1.165, 1.54) is 0 Å². The van der Waals surface area contributed by atoms with Crippen molar-refractivity contribution in [3.05, 3.63) is 53.6 Å². The number of carboxylic acids is 1. The summed E-state index contributed by atoms with van der Waals surface area (Å²) in [5, 5.41) is 15.4. The molecule has 0 aromatic heterocycles. The van der Waals surface area contributed by atoms with Gasteiger partial charge in [-0.1, -0.05) is 51.5 Å². The van der Waals surface area contributed by atoms with Gasteiger partial charge in [0, 0.05) is 24.2 Å². The number of hydrogen-bond donors (Lipinski definition) is 3. The number of aliphatic carboxylic acids is 1. The molecule has 0 aliphatic heterocycles. The van der Waals surface area contributed by atoms with E-state index in [1.807, 2.05) is 49.4 Å². The van der Waals surface area contributed by atoms with Crippen molar-refractivity contribution in [2.45, 2.75) is 59.3 Å². The number of anilines is 3. The molecule has 1 saturated carbocycles. The lowest BCUT2D eigenvalue weighted by Crippen LogP contribution is -2.32. The highest BCUT2D eigenvalue weighted by Gasteiger charge is 2.46. The van der Waals surface area contributed by atoms with Gasteiger partial charge in [0.05, 0.1) is 17.8 Å². The number of benzene rings is 2. The summed E-state index contributed by atoms with van der Waals surface area (Å²) in [6, 6.07) is 13.4. The SMILES string of the molecule is Cc1ccc(NC(=O)Nc2cc(C3(CC(=O)O)CC3)ccc2N(CC(C)C)CC(C)C)cc1. The molecule has 0 atom stereocenters. The fourth-order valence-corrected chi connectivity index (χ4v) is 4.32. The summed E-state index contributed by atoms with van der Waals surface area (Å²) in [5.74, 6) is 0.128. The molecule has 33 heavy (non-hydrogen) atoms. The molecule has 0 unspecified atom stereocenters. The van der Waals surface area contributed by atoms with Gasteiger partial charge in [0.15, 0.2) is 0 Å². The zero-order valence-corrected chi connectivity index (χ0v) is 20.4. The molecule has 2 amide bonds. The number of nitrogens with zero attached hydrogens (tertiary/aromatic N) is 1. The molecule has 1 fully saturated rings. The highest BCUT2D eigenvalue weighted by molar-refractivity contribution is 6.02. The first kappa shape index (κ1) is 24.6. The van der Waals surface area contributed by atoms with Crippen molar-refractivity contribution < 1.29 is 14.7 Å². The quantitative estimate of drug-likeness (QED) is 0.398. The number of carbonyl (C=O) groups excluding carboxylic acids is 1. The van der Waals surface area contributed by atoms with Gasteiger partial charge in [-0.2, -0.15) is 0 Å². The van der Waals surface area contributed by atoms with Gasteiger partial charge in [-0.15, -0.1) is 0 Å². The van der Waals surface area contributed by atoms with Crippen molar-refractivity contribution in [2.75, 3.05) is 28.6 Å². The summed E-state index contributed by atoms with van der Waals surface area (Å²) in [6.07, 6.45) is 1.83. The van der Waals surface area contributed by atoms with E-state index in [2.05, 4.69) is 43.2 Å². The average Bonchev–Trinajstić information content (AvgIpc) is 3.48. The maximum absolute atomic E-state index is 12.9. The fourth-order valence-electron chi connectivity index (χ4n) is 4.32. The standard InChI is InChI=1S/C27H37N3O3/c1-18(2)16-30(17-19(3)4)24-11-8-21(27(12-13-27)15-25(31)32)14-23(24)29-26(33)28-22-9-6-20(5)7-10-22/h6-11,14,18-19H,12-13,15-17H2,1-5H3,(H,31,32)(H2,28,29,33). The number of rotatable bonds is 10. The molecule has 2 aromatic carbocycles. The predicted octanol–water partition coefficient (Wildman–Crippen LogP) is 6.26. The molecule has 0 heterocycles. The molecule has 0 radical (unpaired) electrons. The summed E-state index contributed by atoms with van der Waals surface area (Å²) in [5.41, 5.74) is 4.19. The molecule has 178 valence electrons. The van der Waals surface area contributed by atoms with Crippen LogP contribution in [0.1, 0.15) is 58.1 Å². The van der Waals surface area contributed by atoms with E-state index in [0.717, 1.165) is 54.1 Å². The van der Waals surface area contributed by atoms with E-state index in [0.29, 0.717) is 11.8 Å². The molecule has 0 bridgehead atoms. The Balaban J connectivity index is 1.93. The minimum Gasteiger partial charge on any atom is -0.481 e. The lowest BCUT2D eigenvalue weighted by molar-refractivity contribution is -0.137. The molecule has 1 aliphatic carbocycles. The highest BCUT2D eigenvalue weighted by atomic mass is 16.4. The number of urea groups is 1. The summed E-state index contributed by atoms with van der Waals surface area (Å²) in [6.45, 7) is 12.5. The minimum atomic E-state index is -0.788. The lowest BCUT2D eigenvalue weighted by atomic mass is 9.91. The third kappa shape index (κ3) is 6.73. The van der Waals surface area contributed by atoms with Crippen LogP contribution in [0.15, 0.2) is 42.5 Å². The number of hydrogen-bond acceptors (Lipinski definition) is 3. The Morgan fingerprint density at radius 2 is 1.58 bits per heavy atom. The van der Waals surface area contributed by atoms with Gasteiger partial charge in [-0.3, -0.25) is 4.79 Å². The van der Waals surface area contributed by atoms with Crippen molar-refractivity contribution in [1.82, 2.24) is 0 Å². The third-order valence-corrected chi connectivity index (χ3v) is 6.02. The average molecular weight is 452 g/mol. The minimum absolute atomic E-state index is 0.114. The van der Waals surface area contributed by atoms with Gasteiger partial charge in [0.25, 0.3) is 0 Å². The first-order chi connectivity index (χ1) is 15.6. The molecule has 0 saturated heterocycles. The maximum Gasteiger partial charge on any atom is 0.323 e. The van der Waals surface area contributed by atoms with E-state index < -0.39 is 5.97 Å². The van der Waals surface area contributed by atoms with Crippen LogP contribution in [0.5, 0.6) is 0 Å². The Hall–Kier alpha value is -3.02. The topological polar surface area (TPSA) is 81.7 Å². The van der Waals surface area contributed by atoms with Crippen LogP contribution in [-0.4, -0.2) is 30.2 Å². The van der Waals surface area contributed by atoms with Crippen molar-refractivity contribution in [3.63, 3.8) is 0 Å². The Morgan fingerprint density at radius 1 is 0.970 bits per heavy atom. The molecule has 3 N–H and O–H groups in total. The smallest absolute Gasteiger partial charge is 0.323 e. The number of amides is 2. The largest absolute Gasteiger partial charge is 0.481 e. The van der Waals surface area contributed by atoms with Crippen LogP contribution in [0, 0.1) is 18.8 Å². The van der Waals surface area contributed by atoms with Crippen molar-refractivity contribution in [3.8, 4) is 0 Å². The first-order valence-corrected chi connectivity index (χ1v) is 11.8. The van der Waals surface area contributed by atoms with E-state index in [-0.39, 0.29) is 17.9 Å². The second-order valence-corrected chi connectivity index (χ2v) is 10.2. The zero-order chi connectivity index (χ0) is 24.2. The molecule has 6 nitrogen and oxygen atoms in total. The van der Waals surface area contributed by atoms with Crippen molar-refractivity contribution in [2.24, 2.45) is 11.8 Å². The van der Waals surface area contributed by atoms with Crippen LogP contribution in [0.4, 0.5) is 21.9 Å². The summed E-state index contributed by atoms with van der Waals surface area (Å²) in [4.78, 5) is 26.7. The van der Waals surface area contributed by atoms with Gasteiger partial charge in [0.2, 0.25) is 0 Å². The predicted molar refractivity (Wildman–Crippen MR) is 135 cm³/mol. The Labute approximate surface area is 197 Å². The summed E-state index contributed by atoms with van der Waals surface area (Å²) in [7, 11) is 0. The van der Waals surface area contributed by atoms with Gasteiger partial charge >= 0.3 is 12.0 Å². The third-order valence-electron chi connectivity index (χ3n) is 6.02. The Morgan fingerprint density at radius 3 is 2.09 bits per heavy atom. The van der Waals surface area contributed by atoms with E-state index in [1.54, 1.807) is 0 Å². The summed E-state index contributed by atoms with van der Waals surface area (Å²) >= 11 is 0. The van der Waals surface area contributed by atoms with Crippen LogP contribution >= 0.6 is 0 Å². The zero-order valence-electron chi connectivity index (χ0n) is 20.4. The molecular formula is C27H37N3O3.